The van der Waals surface area contributed by atoms with E-state index in [1.165, 1.54) is 0 Å². The zero-order valence-corrected chi connectivity index (χ0v) is 13.9. The van der Waals surface area contributed by atoms with Crippen molar-refractivity contribution in [2.24, 2.45) is 0 Å². The van der Waals surface area contributed by atoms with Crippen molar-refractivity contribution in [3.63, 3.8) is 0 Å². The van der Waals surface area contributed by atoms with Crippen LogP contribution in [0.15, 0.2) is 42.7 Å². The third-order valence-corrected chi connectivity index (χ3v) is 4.26. The van der Waals surface area contributed by atoms with Crippen LogP contribution in [0.25, 0.3) is 11.4 Å². The van der Waals surface area contributed by atoms with Crippen LogP contribution < -0.4 is 0 Å². The summed E-state index contributed by atoms with van der Waals surface area (Å²) in [6, 6.07) is 9.70. The Morgan fingerprint density at radius 3 is 2.54 bits per heavy atom. The lowest BCUT2D eigenvalue weighted by Crippen LogP contribution is -2.38. The van der Waals surface area contributed by atoms with Crippen LogP contribution in [-0.4, -0.2) is 60.3 Å². The Morgan fingerprint density at radius 2 is 1.92 bits per heavy atom. The summed E-state index contributed by atoms with van der Waals surface area (Å²) in [6.45, 7) is 1.05. The number of benzene rings is 1. The molecule has 3 rings (SSSR count). The summed E-state index contributed by atoms with van der Waals surface area (Å²) >= 11 is 0. The first-order chi connectivity index (χ1) is 11.7. The number of rotatable bonds is 5. The number of carbonyl (C=O) groups excluding carboxylic acids is 1. The van der Waals surface area contributed by atoms with Gasteiger partial charge in [-0.25, -0.2) is 9.97 Å². The van der Waals surface area contributed by atoms with E-state index in [4.69, 9.17) is 9.47 Å². The highest BCUT2D eigenvalue weighted by Crippen LogP contribution is 2.23. The van der Waals surface area contributed by atoms with Gasteiger partial charge in [0.2, 0.25) is 0 Å². The van der Waals surface area contributed by atoms with Gasteiger partial charge < -0.3 is 14.4 Å². The first-order valence-corrected chi connectivity index (χ1v) is 7.93. The normalized spacial score (nSPS) is 20.3. The summed E-state index contributed by atoms with van der Waals surface area (Å²) in [6.07, 6.45) is 3.99. The number of methoxy groups -OCH3 is 2. The first kappa shape index (κ1) is 16.5. The van der Waals surface area contributed by atoms with E-state index in [0.29, 0.717) is 24.5 Å². The number of amides is 1. The van der Waals surface area contributed by atoms with Crippen LogP contribution in [0.2, 0.25) is 0 Å². The SMILES string of the molecule is COC[C@@H]1C[C@H](OC)CN1C(=O)c1cnc(-c2ccccc2)nc1. The summed E-state index contributed by atoms with van der Waals surface area (Å²) in [7, 11) is 3.31. The number of nitrogens with zero attached hydrogens (tertiary/aromatic N) is 3. The maximum Gasteiger partial charge on any atom is 0.257 e. The Bertz CT molecular complexity index is 676. The fourth-order valence-corrected chi connectivity index (χ4v) is 2.98. The van der Waals surface area contributed by atoms with E-state index in [9.17, 15) is 4.79 Å². The molecule has 0 unspecified atom stereocenters. The van der Waals surface area contributed by atoms with Crippen molar-refractivity contribution in [3.8, 4) is 11.4 Å². The van der Waals surface area contributed by atoms with E-state index < -0.39 is 0 Å². The molecule has 0 bridgehead atoms. The van der Waals surface area contributed by atoms with Crippen molar-refractivity contribution in [2.45, 2.75) is 18.6 Å². The minimum Gasteiger partial charge on any atom is -0.383 e. The molecular formula is C18H21N3O3. The number of hydrogen-bond acceptors (Lipinski definition) is 5. The summed E-state index contributed by atoms with van der Waals surface area (Å²) in [5.74, 6) is 0.521. The van der Waals surface area contributed by atoms with Gasteiger partial charge in [-0.3, -0.25) is 4.79 Å². The van der Waals surface area contributed by atoms with Crippen molar-refractivity contribution < 1.29 is 14.3 Å². The van der Waals surface area contributed by atoms with Crippen LogP contribution in [0.4, 0.5) is 0 Å². The monoisotopic (exact) mass is 327 g/mol. The van der Waals surface area contributed by atoms with Crippen LogP contribution in [0.5, 0.6) is 0 Å². The van der Waals surface area contributed by atoms with Crippen molar-refractivity contribution in [1.82, 2.24) is 14.9 Å². The Balaban J connectivity index is 1.77. The van der Waals surface area contributed by atoms with E-state index in [2.05, 4.69) is 9.97 Å². The Morgan fingerprint density at radius 1 is 1.21 bits per heavy atom. The smallest absolute Gasteiger partial charge is 0.257 e. The minimum absolute atomic E-state index is 0.0150. The molecule has 0 aliphatic carbocycles. The quantitative estimate of drug-likeness (QED) is 0.840. The lowest BCUT2D eigenvalue weighted by Gasteiger charge is -2.23. The van der Waals surface area contributed by atoms with Gasteiger partial charge >= 0.3 is 0 Å². The van der Waals surface area contributed by atoms with Gasteiger partial charge in [0, 0.05) is 38.7 Å². The third-order valence-electron chi connectivity index (χ3n) is 4.26. The molecule has 1 fully saturated rings. The molecule has 126 valence electrons. The van der Waals surface area contributed by atoms with Gasteiger partial charge in [-0.15, -0.1) is 0 Å². The maximum atomic E-state index is 12.8. The van der Waals surface area contributed by atoms with Crippen LogP contribution in [0.3, 0.4) is 0 Å². The van der Waals surface area contributed by atoms with E-state index in [1.807, 2.05) is 30.3 Å². The van der Waals surface area contributed by atoms with Gasteiger partial charge in [0.15, 0.2) is 5.82 Å². The molecule has 6 heteroatoms. The summed E-state index contributed by atoms with van der Waals surface area (Å²) in [5.41, 5.74) is 1.40. The first-order valence-electron chi connectivity index (χ1n) is 7.93. The topological polar surface area (TPSA) is 64.6 Å². The van der Waals surface area contributed by atoms with E-state index in [0.717, 1.165) is 12.0 Å². The number of hydrogen-bond donors (Lipinski definition) is 0. The van der Waals surface area contributed by atoms with Gasteiger partial charge in [-0.1, -0.05) is 30.3 Å². The highest BCUT2D eigenvalue weighted by atomic mass is 16.5. The van der Waals surface area contributed by atoms with Crippen LogP contribution >= 0.6 is 0 Å². The molecule has 0 saturated carbocycles. The van der Waals surface area contributed by atoms with Crippen LogP contribution in [-0.2, 0) is 9.47 Å². The Hall–Kier alpha value is -2.31. The number of aromatic nitrogens is 2. The molecule has 2 aromatic rings. The van der Waals surface area contributed by atoms with Gasteiger partial charge in [0.25, 0.3) is 5.91 Å². The molecule has 1 saturated heterocycles. The fourth-order valence-electron chi connectivity index (χ4n) is 2.98. The zero-order chi connectivity index (χ0) is 16.9. The predicted octanol–water partition coefficient (Wildman–Crippen LogP) is 2.02. The molecule has 2 heterocycles. The molecule has 1 amide bonds. The average molecular weight is 327 g/mol. The molecule has 0 radical (unpaired) electrons. The van der Waals surface area contributed by atoms with Crippen molar-refractivity contribution in [3.05, 3.63) is 48.3 Å². The van der Waals surface area contributed by atoms with Gasteiger partial charge in [-0.2, -0.15) is 0 Å². The number of likely N-dealkylation sites (tertiary alicyclic amines) is 1. The van der Waals surface area contributed by atoms with Gasteiger partial charge in [0.05, 0.1) is 24.3 Å². The number of ether oxygens (including phenoxy) is 2. The van der Waals surface area contributed by atoms with Crippen LogP contribution in [0.1, 0.15) is 16.8 Å². The second-order valence-corrected chi connectivity index (χ2v) is 5.82. The molecule has 2 atom stereocenters. The zero-order valence-electron chi connectivity index (χ0n) is 13.9. The molecule has 1 aromatic heterocycles. The lowest BCUT2D eigenvalue weighted by atomic mass is 10.2. The van der Waals surface area contributed by atoms with E-state index >= 15 is 0 Å². The Labute approximate surface area is 141 Å². The molecule has 0 spiro atoms. The average Bonchev–Trinajstić information content (AvgIpc) is 3.05. The van der Waals surface area contributed by atoms with Crippen molar-refractivity contribution in [1.29, 1.82) is 0 Å². The summed E-state index contributed by atoms with van der Waals surface area (Å²) in [4.78, 5) is 23.2. The maximum absolute atomic E-state index is 12.8. The fraction of sp³-hybridized carbons (Fsp3) is 0.389. The standard InChI is InChI=1S/C18H21N3O3/c1-23-12-15-8-16(24-2)11-21(15)18(22)14-9-19-17(20-10-14)13-6-4-3-5-7-13/h3-7,9-10,15-16H,8,11-12H2,1-2H3/t15-,16-/m0/s1. The third kappa shape index (κ3) is 3.44. The second-order valence-electron chi connectivity index (χ2n) is 5.82. The van der Waals surface area contributed by atoms with E-state index in [-0.39, 0.29) is 18.1 Å². The highest BCUT2D eigenvalue weighted by Gasteiger charge is 2.35. The highest BCUT2D eigenvalue weighted by molar-refractivity contribution is 5.94. The van der Waals surface area contributed by atoms with Crippen molar-refractivity contribution >= 4 is 5.91 Å². The van der Waals surface area contributed by atoms with Crippen LogP contribution in [0, 0.1) is 0 Å². The molecule has 1 aliphatic heterocycles. The lowest BCUT2D eigenvalue weighted by molar-refractivity contribution is 0.0611. The molecule has 1 aromatic carbocycles. The van der Waals surface area contributed by atoms with Crippen molar-refractivity contribution in [2.75, 3.05) is 27.4 Å². The molecule has 0 N–H and O–H groups in total. The molecule has 6 nitrogen and oxygen atoms in total. The Kier molecular flexibility index (Phi) is 5.17. The van der Waals surface area contributed by atoms with Gasteiger partial charge in [-0.05, 0) is 6.42 Å². The van der Waals surface area contributed by atoms with E-state index in [1.54, 1.807) is 31.5 Å². The second kappa shape index (κ2) is 7.51. The number of carbonyl (C=O) groups is 1. The predicted molar refractivity (Wildman–Crippen MR) is 89.6 cm³/mol. The molecular weight excluding hydrogens is 306 g/mol. The molecule has 24 heavy (non-hydrogen) atoms. The molecule has 1 aliphatic rings. The largest absolute Gasteiger partial charge is 0.383 e. The summed E-state index contributed by atoms with van der Waals surface area (Å²) in [5, 5.41) is 0. The van der Waals surface area contributed by atoms with Gasteiger partial charge in [0.1, 0.15) is 0 Å². The minimum atomic E-state index is -0.0868. The summed E-state index contributed by atoms with van der Waals surface area (Å²) < 4.78 is 10.6.